The summed E-state index contributed by atoms with van der Waals surface area (Å²) < 4.78 is 0.781. The molecule has 0 bridgehead atoms. The second kappa shape index (κ2) is 6.17. The number of thioether (sulfide) groups is 1. The molecule has 4 nitrogen and oxygen atoms in total. The first-order valence-electron chi connectivity index (χ1n) is 5.14. The largest absolute Gasteiger partial charge is 0.325 e. The van der Waals surface area contributed by atoms with E-state index in [0.29, 0.717) is 10.7 Å². The molecule has 0 unspecified atom stereocenters. The van der Waals surface area contributed by atoms with Crippen LogP contribution < -0.4 is 5.32 Å². The van der Waals surface area contributed by atoms with Gasteiger partial charge in [-0.1, -0.05) is 40.8 Å². The number of hydrogen-bond acceptors (Lipinski definition) is 5. The Morgan fingerprint density at radius 2 is 2.39 bits per heavy atom. The van der Waals surface area contributed by atoms with E-state index in [1.165, 1.54) is 23.1 Å². The lowest BCUT2D eigenvalue weighted by Crippen LogP contribution is -2.22. The zero-order chi connectivity index (χ0) is 13.0. The Hall–Kier alpha value is -1.11. The van der Waals surface area contributed by atoms with Crippen molar-refractivity contribution in [2.75, 3.05) is 5.32 Å². The van der Waals surface area contributed by atoms with Crippen molar-refractivity contribution >= 4 is 46.3 Å². The highest BCUT2D eigenvalue weighted by Gasteiger charge is 2.16. The number of nitrogens with zero attached hydrogens (tertiary/aromatic N) is 2. The zero-order valence-electron chi connectivity index (χ0n) is 9.46. The van der Waals surface area contributed by atoms with E-state index in [9.17, 15) is 4.79 Å². The van der Waals surface area contributed by atoms with Gasteiger partial charge in [-0.25, -0.2) is 0 Å². The van der Waals surface area contributed by atoms with Gasteiger partial charge in [0.05, 0.1) is 5.25 Å². The molecule has 0 spiro atoms. The highest BCUT2D eigenvalue weighted by Crippen LogP contribution is 2.25. The number of halogens is 1. The number of carbonyl (C=O) groups is 1. The first-order chi connectivity index (χ1) is 8.65. The Bertz CT molecular complexity index is 533. The van der Waals surface area contributed by atoms with Crippen molar-refractivity contribution in [3.63, 3.8) is 0 Å². The van der Waals surface area contributed by atoms with E-state index in [4.69, 9.17) is 11.6 Å². The van der Waals surface area contributed by atoms with Crippen molar-refractivity contribution in [3.05, 3.63) is 34.8 Å². The van der Waals surface area contributed by atoms with E-state index in [0.717, 1.165) is 4.34 Å². The highest BCUT2D eigenvalue weighted by atomic mass is 35.5. The second-order valence-corrected chi connectivity index (χ2v) is 6.32. The first kappa shape index (κ1) is 13.3. The lowest BCUT2D eigenvalue weighted by atomic mass is 10.3. The van der Waals surface area contributed by atoms with Gasteiger partial charge in [-0.3, -0.25) is 4.79 Å². The quantitative estimate of drug-likeness (QED) is 0.880. The molecule has 0 aliphatic rings. The average molecular weight is 300 g/mol. The monoisotopic (exact) mass is 299 g/mol. The zero-order valence-corrected chi connectivity index (χ0v) is 11.9. The van der Waals surface area contributed by atoms with Gasteiger partial charge in [-0.2, -0.15) is 0 Å². The molecule has 1 aromatic carbocycles. The Morgan fingerprint density at radius 3 is 3.06 bits per heavy atom. The van der Waals surface area contributed by atoms with E-state index in [2.05, 4.69) is 15.5 Å². The van der Waals surface area contributed by atoms with Gasteiger partial charge in [-0.15, -0.1) is 10.2 Å². The molecular weight excluding hydrogens is 290 g/mol. The van der Waals surface area contributed by atoms with Crippen LogP contribution in [0.3, 0.4) is 0 Å². The third-order valence-electron chi connectivity index (χ3n) is 2.08. The van der Waals surface area contributed by atoms with Gasteiger partial charge in [-0.05, 0) is 25.1 Å². The molecule has 1 N–H and O–H groups in total. The third-order valence-corrected chi connectivity index (χ3v) is 4.23. The van der Waals surface area contributed by atoms with Crippen LogP contribution in [-0.2, 0) is 4.79 Å². The van der Waals surface area contributed by atoms with Crippen LogP contribution in [-0.4, -0.2) is 21.4 Å². The van der Waals surface area contributed by atoms with Gasteiger partial charge < -0.3 is 5.32 Å². The number of rotatable bonds is 4. The molecule has 2 aromatic rings. The van der Waals surface area contributed by atoms with Crippen LogP contribution in [0.2, 0.25) is 5.02 Å². The van der Waals surface area contributed by atoms with Crippen LogP contribution in [0.1, 0.15) is 6.92 Å². The third kappa shape index (κ3) is 3.69. The smallest absolute Gasteiger partial charge is 0.237 e. The maximum Gasteiger partial charge on any atom is 0.237 e. The number of amides is 1. The molecular formula is C11H10ClN3OS2. The minimum Gasteiger partial charge on any atom is -0.325 e. The standard InChI is InChI=1S/C11H10ClN3OS2/c1-7(18-11-15-13-6-17-11)10(16)14-9-4-2-3-8(12)5-9/h2-7H,1H3,(H,14,16)/t7-/m1/s1. The summed E-state index contributed by atoms with van der Waals surface area (Å²) in [6.07, 6.45) is 0. The molecule has 0 saturated heterocycles. The van der Waals surface area contributed by atoms with Crippen LogP contribution in [0, 0.1) is 0 Å². The number of nitrogens with one attached hydrogen (secondary N) is 1. The predicted octanol–water partition coefficient (Wildman–Crippen LogP) is 3.31. The van der Waals surface area contributed by atoms with E-state index in [-0.39, 0.29) is 11.2 Å². The van der Waals surface area contributed by atoms with Crippen LogP contribution >= 0.6 is 34.7 Å². The molecule has 0 saturated carbocycles. The number of anilines is 1. The lowest BCUT2D eigenvalue weighted by Gasteiger charge is -2.10. The van der Waals surface area contributed by atoms with Crippen LogP contribution in [0.15, 0.2) is 34.1 Å². The molecule has 0 radical (unpaired) electrons. The summed E-state index contributed by atoms with van der Waals surface area (Å²) in [7, 11) is 0. The minimum atomic E-state index is -0.239. The fourth-order valence-electron chi connectivity index (χ4n) is 1.23. The van der Waals surface area contributed by atoms with E-state index in [1.807, 2.05) is 6.92 Å². The van der Waals surface area contributed by atoms with Gasteiger partial charge in [0.25, 0.3) is 0 Å². The SMILES string of the molecule is C[C@@H](Sc1nncs1)C(=O)Nc1cccc(Cl)c1. The fraction of sp³-hybridized carbons (Fsp3) is 0.182. The Balaban J connectivity index is 1.95. The molecule has 1 aromatic heterocycles. The summed E-state index contributed by atoms with van der Waals surface area (Å²) in [5.41, 5.74) is 2.33. The molecule has 18 heavy (non-hydrogen) atoms. The first-order valence-corrected chi connectivity index (χ1v) is 7.28. The molecule has 0 aliphatic carbocycles. The summed E-state index contributed by atoms with van der Waals surface area (Å²) in [5.74, 6) is -0.0857. The lowest BCUT2D eigenvalue weighted by molar-refractivity contribution is -0.115. The molecule has 0 aliphatic heterocycles. The molecule has 94 valence electrons. The van der Waals surface area contributed by atoms with Crippen molar-refractivity contribution in [2.45, 2.75) is 16.5 Å². The van der Waals surface area contributed by atoms with Crippen molar-refractivity contribution in [1.29, 1.82) is 0 Å². The fourth-order valence-corrected chi connectivity index (χ4v) is 3.05. The molecule has 7 heteroatoms. The van der Waals surface area contributed by atoms with Crippen molar-refractivity contribution in [1.82, 2.24) is 10.2 Å². The number of aromatic nitrogens is 2. The van der Waals surface area contributed by atoms with E-state index < -0.39 is 0 Å². The Morgan fingerprint density at radius 1 is 1.56 bits per heavy atom. The summed E-state index contributed by atoms with van der Waals surface area (Å²) in [6.45, 7) is 1.83. The second-order valence-electron chi connectivity index (χ2n) is 3.46. The summed E-state index contributed by atoms with van der Waals surface area (Å²) in [6, 6.07) is 7.06. The van der Waals surface area contributed by atoms with E-state index in [1.54, 1.807) is 29.8 Å². The van der Waals surface area contributed by atoms with Crippen LogP contribution in [0.4, 0.5) is 5.69 Å². The molecule has 1 heterocycles. The summed E-state index contributed by atoms with van der Waals surface area (Å²) in [4.78, 5) is 11.9. The normalized spacial score (nSPS) is 12.1. The average Bonchev–Trinajstić information content (AvgIpc) is 2.81. The van der Waals surface area contributed by atoms with Crippen molar-refractivity contribution in [2.24, 2.45) is 0 Å². The predicted molar refractivity (Wildman–Crippen MR) is 75.3 cm³/mol. The maximum absolute atomic E-state index is 11.9. The highest BCUT2D eigenvalue weighted by molar-refractivity contribution is 8.02. The Labute approximate surface area is 118 Å². The molecule has 0 fully saturated rings. The molecule has 1 amide bonds. The summed E-state index contributed by atoms with van der Waals surface area (Å²) in [5, 5.41) is 10.8. The van der Waals surface area contributed by atoms with Crippen LogP contribution in [0.25, 0.3) is 0 Å². The van der Waals surface area contributed by atoms with Gasteiger partial charge in [0.1, 0.15) is 5.51 Å². The van der Waals surface area contributed by atoms with Crippen molar-refractivity contribution in [3.8, 4) is 0 Å². The summed E-state index contributed by atoms with van der Waals surface area (Å²) >= 11 is 8.65. The number of benzene rings is 1. The Kier molecular flexibility index (Phi) is 4.57. The van der Waals surface area contributed by atoms with E-state index >= 15 is 0 Å². The number of hydrogen-bond donors (Lipinski definition) is 1. The minimum absolute atomic E-state index is 0.0857. The maximum atomic E-state index is 11.9. The number of carbonyl (C=O) groups excluding carboxylic acids is 1. The topological polar surface area (TPSA) is 54.9 Å². The van der Waals surface area contributed by atoms with Crippen LogP contribution in [0.5, 0.6) is 0 Å². The van der Waals surface area contributed by atoms with Gasteiger partial charge in [0, 0.05) is 10.7 Å². The van der Waals surface area contributed by atoms with Crippen molar-refractivity contribution < 1.29 is 4.79 Å². The van der Waals surface area contributed by atoms with Gasteiger partial charge in [0.15, 0.2) is 4.34 Å². The van der Waals surface area contributed by atoms with Gasteiger partial charge >= 0.3 is 0 Å². The van der Waals surface area contributed by atoms with Gasteiger partial charge in [0.2, 0.25) is 5.91 Å². The molecule has 2 rings (SSSR count). The molecule has 1 atom stereocenters.